The second kappa shape index (κ2) is 16.7. The fourth-order valence-electron chi connectivity index (χ4n) is 11.5. The summed E-state index contributed by atoms with van der Waals surface area (Å²) in [6.45, 7) is 5.14. The first-order chi connectivity index (χ1) is 30.9. The minimum absolute atomic E-state index is 0.0376. The quantitative estimate of drug-likeness (QED) is 0.144. The summed E-state index contributed by atoms with van der Waals surface area (Å²) in [5.41, 5.74) is 11.5. The Bertz CT molecular complexity index is 2300. The van der Waals surface area contributed by atoms with Gasteiger partial charge in [0, 0.05) is 71.8 Å². The fraction of sp³-hybridized carbons (Fsp3) is 0.553. The Balaban J connectivity index is 0.840. The Morgan fingerprint density at radius 2 is 1.37 bits per heavy atom. The van der Waals surface area contributed by atoms with E-state index in [1.165, 1.54) is 33.6 Å². The number of benzene rings is 3. The largest absolute Gasteiger partial charge is 0.456 e. The van der Waals surface area contributed by atoms with Crippen LogP contribution in [-0.4, -0.2) is 143 Å². The number of aliphatic hydroxyl groups is 4. The van der Waals surface area contributed by atoms with Gasteiger partial charge in [0.25, 0.3) is 5.91 Å². The number of ether oxygens (including phenoxy) is 5. The van der Waals surface area contributed by atoms with Crippen molar-refractivity contribution in [1.82, 2.24) is 19.9 Å². The fourth-order valence-corrected chi connectivity index (χ4v) is 11.5. The second-order valence-corrected chi connectivity index (χ2v) is 17.9. The van der Waals surface area contributed by atoms with Crippen molar-refractivity contribution in [1.29, 1.82) is 0 Å². The maximum atomic E-state index is 15.1. The Morgan fingerprint density at radius 1 is 0.746 bits per heavy atom. The number of aliphatic hydroxyl groups excluding tert-OH is 4. The smallest absolute Gasteiger partial charge is 0.257 e. The summed E-state index contributed by atoms with van der Waals surface area (Å²) in [6, 6.07) is 12.9. The van der Waals surface area contributed by atoms with Crippen molar-refractivity contribution < 1.29 is 48.9 Å². The van der Waals surface area contributed by atoms with E-state index in [9.17, 15) is 20.4 Å². The van der Waals surface area contributed by atoms with Crippen molar-refractivity contribution in [3.05, 3.63) is 92.8 Å². The van der Waals surface area contributed by atoms with Gasteiger partial charge >= 0.3 is 0 Å². The third-order valence-electron chi connectivity index (χ3n) is 14.2. The van der Waals surface area contributed by atoms with Gasteiger partial charge in [-0.15, -0.1) is 5.10 Å². The summed E-state index contributed by atoms with van der Waals surface area (Å²) in [6.07, 6.45) is 4.00. The third-order valence-corrected chi connectivity index (χ3v) is 14.2. The number of aryl methyl sites for hydroxylation is 2. The zero-order valence-corrected chi connectivity index (χ0v) is 35.5. The molecule has 5 atom stereocenters. The average Bonchev–Trinajstić information content (AvgIpc) is 3.86. The molecule has 1 aromatic heterocycles. The summed E-state index contributed by atoms with van der Waals surface area (Å²) in [7, 11) is 0. The topological polar surface area (TPSA) is 185 Å². The lowest BCUT2D eigenvalue weighted by atomic mass is 9.70. The van der Waals surface area contributed by atoms with E-state index in [1.807, 2.05) is 23.2 Å². The molecule has 11 rings (SSSR count). The molecule has 16 heteroatoms. The van der Waals surface area contributed by atoms with E-state index < -0.39 is 42.9 Å². The van der Waals surface area contributed by atoms with Gasteiger partial charge in [-0.3, -0.25) is 4.79 Å². The standard InChI is InChI=1S/C47H56N6O10/c54-26-37-40(55)41(56)42(57)46(62-37)61-22-21-60-20-19-59-18-13-30-25-52(49-48-30)27-53-45(58)31-9-1-2-12-34(31)47(53)35-23-28-7-3-14-50-16-5-10-32(38(28)50)43(35)63-44-33-11-6-17-51-15-4-8-29(39(33)51)24-36(44)47/h1-2,9,12,23-25,37,40-42,46,54-57H,3-8,10-11,13-22,26-27H2/t37?,40-,41+,42?,46-/m0/s1. The number of aromatic nitrogens is 3. The second-order valence-electron chi connectivity index (χ2n) is 17.9. The average molecular weight is 865 g/mol. The number of nitrogens with zero attached hydrogens (tertiary/aromatic N) is 6. The van der Waals surface area contributed by atoms with Gasteiger partial charge in [0.15, 0.2) is 6.29 Å². The Labute approximate surface area is 365 Å². The zero-order valence-electron chi connectivity index (χ0n) is 35.5. The van der Waals surface area contributed by atoms with Crippen LogP contribution >= 0.6 is 0 Å². The third kappa shape index (κ3) is 6.75. The van der Waals surface area contributed by atoms with Gasteiger partial charge in [0.05, 0.1) is 51.5 Å². The van der Waals surface area contributed by atoms with Crippen LogP contribution in [0.4, 0.5) is 11.4 Å². The molecule has 4 N–H and O–H groups in total. The molecule has 0 saturated carbocycles. The van der Waals surface area contributed by atoms with Crippen LogP contribution in [0, 0.1) is 0 Å². The van der Waals surface area contributed by atoms with E-state index in [0.29, 0.717) is 31.8 Å². The number of anilines is 2. The van der Waals surface area contributed by atoms with Crippen LogP contribution < -0.4 is 14.5 Å². The van der Waals surface area contributed by atoms with Crippen LogP contribution in [0.15, 0.2) is 42.6 Å². The first kappa shape index (κ1) is 41.1. The highest BCUT2D eigenvalue weighted by molar-refractivity contribution is 6.02. The first-order valence-electron chi connectivity index (χ1n) is 22.8. The Morgan fingerprint density at radius 3 is 2.03 bits per heavy atom. The molecule has 0 radical (unpaired) electrons. The molecular formula is C47H56N6O10. The van der Waals surface area contributed by atoms with Crippen molar-refractivity contribution in [2.45, 2.75) is 101 Å². The molecule has 2 unspecified atom stereocenters. The van der Waals surface area contributed by atoms with Gasteiger partial charge in [0.2, 0.25) is 0 Å². The maximum Gasteiger partial charge on any atom is 0.257 e. The van der Waals surface area contributed by atoms with Crippen LogP contribution in [0.3, 0.4) is 0 Å². The van der Waals surface area contributed by atoms with Gasteiger partial charge < -0.3 is 58.8 Å². The summed E-state index contributed by atoms with van der Waals surface area (Å²) in [5, 5.41) is 48.6. The lowest BCUT2D eigenvalue weighted by Gasteiger charge is -2.48. The molecule has 16 nitrogen and oxygen atoms in total. The molecule has 63 heavy (non-hydrogen) atoms. The van der Waals surface area contributed by atoms with Gasteiger partial charge in [-0.25, -0.2) is 4.68 Å². The summed E-state index contributed by atoms with van der Waals surface area (Å²) in [5.74, 6) is 1.81. The van der Waals surface area contributed by atoms with Crippen molar-refractivity contribution in [2.75, 3.05) is 75.6 Å². The van der Waals surface area contributed by atoms with E-state index >= 15 is 4.79 Å². The number of hydrogen-bond donors (Lipinski definition) is 4. The van der Waals surface area contributed by atoms with Crippen LogP contribution in [0.5, 0.6) is 11.5 Å². The van der Waals surface area contributed by atoms with Crippen LogP contribution in [0.25, 0.3) is 0 Å². The molecule has 3 aromatic carbocycles. The minimum Gasteiger partial charge on any atom is -0.456 e. The van der Waals surface area contributed by atoms with E-state index in [2.05, 4.69) is 44.4 Å². The van der Waals surface area contributed by atoms with Crippen molar-refractivity contribution in [3.8, 4) is 11.5 Å². The highest BCUT2D eigenvalue weighted by Gasteiger charge is 2.58. The summed E-state index contributed by atoms with van der Waals surface area (Å²) >= 11 is 0. The number of carbonyl (C=O) groups is 1. The molecule has 7 aliphatic heterocycles. The Kier molecular flexibility index (Phi) is 10.9. The number of rotatable bonds is 13. The monoisotopic (exact) mass is 864 g/mol. The lowest BCUT2D eigenvalue weighted by Crippen LogP contribution is -2.59. The van der Waals surface area contributed by atoms with E-state index in [4.69, 9.17) is 23.7 Å². The van der Waals surface area contributed by atoms with Crippen LogP contribution in [-0.2, 0) is 63.3 Å². The number of carbonyl (C=O) groups excluding carboxylic acids is 1. The van der Waals surface area contributed by atoms with Crippen molar-refractivity contribution >= 4 is 17.3 Å². The van der Waals surface area contributed by atoms with Crippen molar-refractivity contribution in [2.24, 2.45) is 0 Å². The highest BCUT2D eigenvalue weighted by atomic mass is 16.7. The van der Waals surface area contributed by atoms with Gasteiger partial charge in [0.1, 0.15) is 48.1 Å². The maximum absolute atomic E-state index is 15.1. The van der Waals surface area contributed by atoms with Gasteiger partial charge in [-0.1, -0.05) is 23.4 Å². The highest BCUT2D eigenvalue weighted by Crippen LogP contribution is 2.62. The molecule has 1 spiro atoms. The number of amides is 1. The summed E-state index contributed by atoms with van der Waals surface area (Å²) in [4.78, 5) is 22.3. The lowest BCUT2D eigenvalue weighted by molar-refractivity contribution is -0.302. The van der Waals surface area contributed by atoms with Crippen LogP contribution in [0.2, 0.25) is 0 Å². The van der Waals surface area contributed by atoms with Crippen molar-refractivity contribution in [3.63, 3.8) is 0 Å². The number of fused-ring (bicyclic) bond motifs is 8. The van der Waals surface area contributed by atoms with Gasteiger partial charge in [-0.05, 0) is 86.3 Å². The predicted octanol–water partition coefficient (Wildman–Crippen LogP) is 2.58. The van der Waals surface area contributed by atoms with Gasteiger partial charge in [-0.2, -0.15) is 0 Å². The Hall–Kier alpha value is -4.65. The molecule has 1 amide bonds. The first-order valence-corrected chi connectivity index (χ1v) is 22.8. The van der Waals surface area contributed by atoms with E-state index in [1.54, 1.807) is 4.68 Å². The molecule has 7 aliphatic rings. The SMILES string of the molecule is O=C1c2ccccc2C2(c3cc4c5c(c3Oc3c2cc2c6c3CCCN6CCC2)CCCN5CCC4)N1Cn1cc(CCOCCOCCO[C@H]2OC(CO)[C@H](O)[C@@H](O)C2O)nn1. The predicted molar refractivity (Wildman–Crippen MR) is 228 cm³/mol. The molecule has 1 fully saturated rings. The number of hydrogen-bond acceptors (Lipinski definition) is 14. The molecule has 8 heterocycles. The molecule has 1 saturated heterocycles. The minimum atomic E-state index is -1.50. The molecule has 0 bridgehead atoms. The normalized spacial score (nSPS) is 25.0. The molecule has 334 valence electrons. The van der Waals surface area contributed by atoms with Crippen LogP contribution in [0.1, 0.15) is 80.7 Å². The summed E-state index contributed by atoms with van der Waals surface area (Å²) < 4.78 is 31.5. The van der Waals surface area contributed by atoms with E-state index in [-0.39, 0.29) is 25.8 Å². The van der Waals surface area contributed by atoms with E-state index in [0.717, 1.165) is 111 Å². The molecule has 4 aromatic rings. The molecule has 0 aliphatic carbocycles. The molecular weight excluding hydrogens is 809 g/mol. The zero-order chi connectivity index (χ0) is 42.8.